The summed E-state index contributed by atoms with van der Waals surface area (Å²) in [6, 6.07) is 0. The molecule has 17 heavy (non-hydrogen) atoms. The molecule has 1 rings (SSSR count). The molecule has 0 aliphatic carbocycles. The number of thiol groups is 1. The summed E-state index contributed by atoms with van der Waals surface area (Å²) in [5.41, 5.74) is 5.21. The van der Waals surface area contributed by atoms with Crippen molar-refractivity contribution in [2.45, 2.75) is 6.92 Å². The maximum atomic E-state index is 4.67. The van der Waals surface area contributed by atoms with Gasteiger partial charge in [-0.15, -0.1) is 0 Å². The van der Waals surface area contributed by atoms with Crippen molar-refractivity contribution in [1.29, 1.82) is 0 Å². The monoisotopic (exact) mass is 342 g/mol. The van der Waals surface area contributed by atoms with Crippen LogP contribution in [0.4, 0.5) is 0 Å². The minimum atomic E-state index is 0.452. The Morgan fingerprint density at radius 2 is 2.18 bits per heavy atom. The second-order valence-electron chi connectivity index (χ2n) is 2.49. The molecule has 1 aromatic heterocycles. The zero-order valence-electron chi connectivity index (χ0n) is 9.03. The molecule has 0 bridgehead atoms. The van der Waals surface area contributed by atoms with Crippen LogP contribution in [0.2, 0.25) is 0 Å². The Morgan fingerprint density at radius 1 is 1.53 bits per heavy atom. The Kier molecular flexibility index (Phi) is 10.6. The molecule has 0 aliphatic heterocycles. The van der Waals surface area contributed by atoms with E-state index in [2.05, 4.69) is 58.2 Å². The van der Waals surface area contributed by atoms with Crippen LogP contribution in [0.1, 0.15) is 12.6 Å². The zero-order chi connectivity index (χ0) is 13.1. The van der Waals surface area contributed by atoms with E-state index >= 15 is 0 Å². The number of aromatic nitrogens is 2. The molecule has 0 unspecified atom stereocenters. The van der Waals surface area contributed by atoms with E-state index < -0.39 is 0 Å². The molecule has 1 heterocycles. The number of hydrogen-bond acceptors (Lipinski definition) is 3. The zero-order valence-corrected chi connectivity index (χ0v) is 12.4. The summed E-state index contributed by atoms with van der Waals surface area (Å²) in [6.07, 6.45) is 4.85. The van der Waals surface area contributed by atoms with Crippen LogP contribution >= 0.6 is 20.2 Å². The van der Waals surface area contributed by atoms with Gasteiger partial charge in [0.05, 0.1) is 6.20 Å². The molecule has 99 valence electrons. The Morgan fingerprint density at radius 3 is 2.65 bits per heavy atom. The van der Waals surface area contributed by atoms with Crippen molar-refractivity contribution in [2.24, 2.45) is 5.10 Å². The van der Waals surface area contributed by atoms with E-state index in [1.165, 1.54) is 0 Å². The summed E-state index contributed by atoms with van der Waals surface area (Å²) in [6.45, 7) is 1.81. The number of rotatable bonds is 2. The molecular formula is C8H11Cl2CuN5S. The molecule has 0 amide bonds. The fourth-order valence-electron chi connectivity index (χ4n) is 0.710. The van der Waals surface area contributed by atoms with Crippen molar-refractivity contribution < 1.29 is 13.1 Å². The van der Waals surface area contributed by atoms with Gasteiger partial charge in [-0.2, -0.15) is 0 Å². The summed E-state index contributed by atoms with van der Waals surface area (Å²) >= 11 is 4.77. The van der Waals surface area contributed by atoms with Gasteiger partial charge in [0.25, 0.3) is 0 Å². The second-order valence-corrected chi connectivity index (χ2v) is 4.47. The van der Waals surface area contributed by atoms with Crippen LogP contribution in [-0.4, -0.2) is 27.8 Å². The summed E-state index contributed by atoms with van der Waals surface area (Å²) in [5, 5.41) is 7.12. The average molecular weight is 344 g/mol. The van der Waals surface area contributed by atoms with E-state index in [1.807, 2.05) is 6.92 Å². The third kappa shape index (κ3) is 8.43. The molecule has 0 saturated heterocycles. The Balaban J connectivity index is 0.000000770. The number of hydrogen-bond donors (Lipinski definition) is 1. The normalized spacial score (nSPS) is 10.5. The Hall–Kier alpha value is -0.301. The summed E-state index contributed by atoms with van der Waals surface area (Å²) in [5.74, 6) is 0. The van der Waals surface area contributed by atoms with Gasteiger partial charge in [-0.3, -0.25) is 15.3 Å². The van der Waals surface area contributed by atoms with E-state index in [9.17, 15) is 0 Å². The molecule has 0 fully saturated rings. The van der Waals surface area contributed by atoms with E-state index in [-0.39, 0.29) is 0 Å². The van der Waals surface area contributed by atoms with Gasteiger partial charge < -0.3 is 10.5 Å². The fraction of sp³-hybridized carbons (Fsp3) is 0.250. The van der Waals surface area contributed by atoms with Crippen molar-refractivity contribution in [3.8, 4) is 0 Å². The molecule has 0 atom stereocenters. The predicted octanol–water partition coefficient (Wildman–Crippen LogP) is 1.54. The quantitative estimate of drug-likeness (QED) is 0.221. The van der Waals surface area contributed by atoms with Gasteiger partial charge in [0.15, 0.2) is 17.3 Å². The summed E-state index contributed by atoms with van der Waals surface area (Å²) in [7, 11) is 11.1. The van der Waals surface area contributed by atoms with Gasteiger partial charge in [0.1, 0.15) is 5.69 Å². The molecular weight excluding hydrogens is 333 g/mol. The second kappa shape index (κ2) is 10.8. The standard InChI is InChI=1S/C8H11N5S.2ClH.Cu/c1-6(12-13-8(14)9-2)7-5-10-3-4-11-7;;;/h3-5H,1-2H3,(H2,9,11,13,14);2*1H;/q;;;+2/p-2. The molecule has 0 aromatic carbocycles. The molecule has 5 nitrogen and oxygen atoms in total. The average Bonchev–Trinajstić information content (AvgIpc) is 2.37. The molecule has 0 saturated carbocycles. The van der Waals surface area contributed by atoms with Crippen LogP contribution in [0.25, 0.3) is 5.43 Å². The third-order valence-corrected chi connectivity index (χ3v) is 1.77. The first-order valence-corrected chi connectivity index (χ1v) is 7.26. The van der Waals surface area contributed by atoms with Crippen molar-refractivity contribution >= 4 is 43.2 Å². The Labute approximate surface area is 120 Å². The number of halogens is 2. The SMILES string of the molecule is CNC(=[SH+])[N-]N=C(C)c1cnccn1.[Cl][Cu][Cl]. The fourth-order valence-corrected chi connectivity index (χ4v) is 0.754. The van der Waals surface area contributed by atoms with Crippen LogP contribution < -0.4 is 5.32 Å². The number of nitrogens with zero attached hydrogens (tertiary/aromatic N) is 4. The van der Waals surface area contributed by atoms with Gasteiger partial charge in [0.2, 0.25) is 0 Å². The summed E-state index contributed by atoms with van der Waals surface area (Å²) < 4.78 is 0. The van der Waals surface area contributed by atoms with Crippen molar-refractivity contribution in [3.05, 3.63) is 29.7 Å². The third-order valence-electron chi connectivity index (χ3n) is 1.45. The molecule has 0 spiro atoms. The van der Waals surface area contributed by atoms with Gasteiger partial charge in [-0.25, -0.2) is 0 Å². The van der Waals surface area contributed by atoms with Gasteiger partial charge in [-0.05, 0) is 14.0 Å². The Bertz CT molecular complexity index is 362. The van der Waals surface area contributed by atoms with Crippen LogP contribution in [0.3, 0.4) is 0 Å². The van der Waals surface area contributed by atoms with Gasteiger partial charge in [-0.1, -0.05) is 0 Å². The molecule has 0 aliphatic rings. The first kappa shape index (κ1) is 16.7. The first-order valence-electron chi connectivity index (χ1n) is 4.22. The van der Waals surface area contributed by atoms with E-state index in [4.69, 9.17) is 0 Å². The number of nitrogens with one attached hydrogen (secondary N) is 1. The summed E-state index contributed by atoms with van der Waals surface area (Å²) in [4.78, 5) is 8.00. The van der Waals surface area contributed by atoms with E-state index in [1.54, 1.807) is 25.6 Å². The van der Waals surface area contributed by atoms with Crippen LogP contribution in [-0.2, 0) is 25.4 Å². The van der Waals surface area contributed by atoms with Gasteiger partial charge in [0, 0.05) is 18.1 Å². The maximum absolute atomic E-state index is 4.67. The van der Waals surface area contributed by atoms with Crippen LogP contribution in [0.15, 0.2) is 23.7 Å². The molecule has 1 N–H and O–H groups in total. The van der Waals surface area contributed by atoms with Crippen molar-refractivity contribution in [2.75, 3.05) is 7.05 Å². The van der Waals surface area contributed by atoms with Crippen LogP contribution in [0.5, 0.6) is 0 Å². The van der Waals surface area contributed by atoms with E-state index in [0.29, 0.717) is 16.5 Å². The van der Waals surface area contributed by atoms with Crippen molar-refractivity contribution in [1.82, 2.24) is 15.3 Å². The van der Waals surface area contributed by atoms with Gasteiger partial charge >= 0.3 is 33.3 Å². The first-order chi connectivity index (χ1) is 8.15. The molecule has 9 heteroatoms. The minimum absolute atomic E-state index is 0.452. The van der Waals surface area contributed by atoms with Crippen LogP contribution in [0, 0.1) is 0 Å². The predicted molar refractivity (Wildman–Crippen MR) is 72.1 cm³/mol. The van der Waals surface area contributed by atoms with E-state index in [0.717, 1.165) is 13.1 Å². The molecule has 0 radical (unpaired) electrons. The topological polar surface area (TPSA) is 64.3 Å². The van der Waals surface area contributed by atoms with Crippen molar-refractivity contribution in [3.63, 3.8) is 0 Å². The molecule has 1 aromatic rings.